The van der Waals surface area contributed by atoms with Gasteiger partial charge in [-0.25, -0.2) is 8.78 Å². The topological polar surface area (TPSA) is 50.1 Å². The van der Waals surface area contributed by atoms with Crippen molar-refractivity contribution < 1.29 is 18.3 Å². The molecule has 0 aromatic heterocycles. The molecule has 0 saturated heterocycles. The molecule has 0 radical (unpaired) electrons. The summed E-state index contributed by atoms with van der Waals surface area (Å²) in [5, 5.41) is 8.74. The van der Waals surface area contributed by atoms with Gasteiger partial charge in [0, 0.05) is 0 Å². The van der Waals surface area contributed by atoms with Gasteiger partial charge in [-0.1, -0.05) is 0 Å². The van der Waals surface area contributed by atoms with Crippen LogP contribution in [0.25, 0.3) is 0 Å². The van der Waals surface area contributed by atoms with Gasteiger partial charge in [0.25, 0.3) is 0 Å². The highest BCUT2D eigenvalue weighted by molar-refractivity contribution is 5.79. The molecule has 0 N–H and O–H groups in total. The van der Waals surface area contributed by atoms with E-state index in [1.54, 1.807) is 0 Å². The third kappa shape index (κ3) is 3.18. The highest BCUT2D eigenvalue weighted by Crippen LogP contribution is 2.20. The summed E-state index contributed by atoms with van der Waals surface area (Å²) in [6, 6.07) is 9.19. The summed E-state index contributed by atoms with van der Waals surface area (Å²) in [7, 11) is 0. The molecule has 0 saturated carbocycles. The largest absolute Gasteiger partial charge is 0.488 e. The Hall–Kier alpha value is -2.74. The van der Waals surface area contributed by atoms with Crippen LogP contribution in [-0.4, -0.2) is 6.29 Å². The molecule has 2 rings (SSSR count). The number of carbonyl (C=O) groups excluding carboxylic acids is 1. The first-order valence-corrected chi connectivity index (χ1v) is 5.69. The molecular formula is C15H9F2NO2. The van der Waals surface area contributed by atoms with Crippen LogP contribution in [0.3, 0.4) is 0 Å². The van der Waals surface area contributed by atoms with Crippen molar-refractivity contribution in [1.82, 2.24) is 0 Å². The number of ether oxygens (including phenoxy) is 1. The fourth-order valence-corrected chi connectivity index (χ4v) is 1.70. The van der Waals surface area contributed by atoms with Crippen LogP contribution in [-0.2, 0) is 6.61 Å². The molecule has 0 unspecified atom stereocenters. The zero-order valence-electron chi connectivity index (χ0n) is 10.3. The average molecular weight is 273 g/mol. The number of halogens is 2. The Balaban J connectivity index is 2.19. The number of rotatable bonds is 4. The van der Waals surface area contributed by atoms with Crippen molar-refractivity contribution in [3.8, 4) is 11.8 Å². The predicted octanol–water partition coefficient (Wildman–Crippen LogP) is 3.23. The Morgan fingerprint density at radius 3 is 2.65 bits per heavy atom. The van der Waals surface area contributed by atoms with Crippen LogP contribution in [0, 0.1) is 23.0 Å². The van der Waals surface area contributed by atoms with Crippen molar-refractivity contribution in [2.24, 2.45) is 0 Å². The van der Waals surface area contributed by atoms with Crippen molar-refractivity contribution in [2.75, 3.05) is 0 Å². The molecular weight excluding hydrogens is 264 g/mol. The predicted molar refractivity (Wildman–Crippen MR) is 67.2 cm³/mol. The molecule has 0 aliphatic rings. The lowest BCUT2D eigenvalue weighted by atomic mass is 10.1. The summed E-state index contributed by atoms with van der Waals surface area (Å²) < 4.78 is 31.5. The number of aldehydes is 1. The first-order chi connectivity index (χ1) is 9.62. The second-order valence-corrected chi connectivity index (χ2v) is 4.05. The summed E-state index contributed by atoms with van der Waals surface area (Å²) in [6.45, 7) is -0.0289. The van der Waals surface area contributed by atoms with E-state index in [1.807, 2.05) is 6.07 Å². The zero-order valence-corrected chi connectivity index (χ0v) is 10.3. The van der Waals surface area contributed by atoms with E-state index >= 15 is 0 Å². The van der Waals surface area contributed by atoms with E-state index in [-0.39, 0.29) is 23.5 Å². The van der Waals surface area contributed by atoms with Gasteiger partial charge in [-0.3, -0.25) is 4.79 Å². The maximum atomic E-state index is 13.2. The highest BCUT2D eigenvalue weighted by atomic mass is 19.1. The Morgan fingerprint density at radius 2 is 1.95 bits per heavy atom. The molecule has 100 valence electrons. The minimum absolute atomic E-state index is 0.0289. The number of hydrogen-bond acceptors (Lipinski definition) is 3. The van der Waals surface area contributed by atoms with E-state index in [0.29, 0.717) is 11.8 Å². The van der Waals surface area contributed by atoms with Crippen molar-refractivity contribution in [1.29, 1.82) is 5.26 Å². The quantitative estimate of drug-likeness (QED) is 0.803. The molecule has 0 spiro atoms. The minimum Gasteiger partial charge on any atom is -0.488 e. The van der Waals surface area contributed by atoms with Crippen molar-refractivity contribution in [3.63, 3.8) is 0 Å². The van der Waals surface area contributed by atoms with Crippen LogP contribution in [0.2, 0.25) is 0 Å². The Bertz CT molecular complexity index is 693. The van der Waals surface area contributed by atoms with Gasteiger partial charge in [0.1, 0.15) is 24.0 Å². The molecule has 3 nitrogen and oxygen atoms in total. The maximum Gasteiger partial charge on any atom is 0.153 e. The van der Waals surface area contributed by atoms with Crippen LogP contribution in [0.5, 0.6) is 5.75 Å². The molecule has 0 heterocycles. The summed E-state index contributed by atoms with van der Waals surface area (Å²) in [5.41, 5.74) is 0.697. The van der Waals surface area contributed by atoms with E-state index in [4.69, 9.17) is 10.00 Å². The summed E-state index contributed by atoms with van der Waals surface area (Å²) >= 11 is 0. The SMILES string of the molecule is N#Cc1cc(F)cc(COc2ccc(F)cc2C=O)c1. The zero-order chi connectivity index (χ0) is 14.5. The van der Waals surface area contributed by atoms with Gasteiger partial charge in [-0.05, 0) is 42.0 Å². The third-order valence-electron chi connectivity index (χ3n) is 2.58. The number of hydrogen-bond donors (Lipinski definition) is 0. The molecule has 0 fully saturated rings. The standard InChI is InChI=1S/C15H9F2NO2/c16-13-1-2-15(12(6-13)8-19)20-9-11-3-10(7-18)4-14(17)5-11/h1-6,8H,9H2. The molecule has 0 bridgehead atoms. The molecule has 2 aromatic rings. The van der Waals surface area contributed by atoms with Gasteiger partial charge in [0.2, 0.25) is 0 Å². The van der Waals surface area contributed by atoms with Gasteiger partial charge in [0.15, 0.2) is 6.29 Å². The fourth-order valence-electron chi connectivity index (χ4n) is 1.70. The van der Waals surface area contributed by atoms with Crippen molar-refractivity contribution in [3.05, 3.63) is 64.7 Å². The molecule has 0 aliphatic carbocycles. The van der Waals surface area contributed by atoms with Gasteiger partial charge in [0.05, 0.1) is 17.2 Å². The van der Waals surface area contributed by atoms with Gasteiger partial charge < -0.3 is 4.74 Å². The van der Waals surface area contributed by atoms with Gasteiger partial charge in [-0.2, -0.15) is 5.26 Å². The fraction of sp³-hybridized carbons (Fsp3) is 0.0667. The van der Waals surface area contributed by atoms with E-state index < -0.39 is 11.6 Å². The lowest BCUT2D eigenvalue weighted by molar-refractivity contribution is 0.111. The van der Waals surface area contributed by atoms with Crippen molar-refractivity contribution in [2.45, 2.75) is 6.61 Å². The van der Waals surface area contributed by atoms with E-state index in [9.17, 15) is 13.6 Å². The van der Waals surface area contributed by atoms with Crippen LogP contribution in [0.4, 0.5) is 8.78 Å². The highest BCUT2D eigenvalue weighted by Gasteiger charge is 2.06. The van der Waals surface area contributed by atoms with Gasteiger partial charge in [-0.15, -0.1) is 0 Å². The van der Waals surface area contributed by atoms with Crippen molar-refractivity contribution >= 4 is 6.29 Å². The van der Waals surface area contributed by atoms with E-state index in [0.717, 1.165) is 18.2 Å². The number of nitriles is 1. The first-order valence-electron chi connectivity index (χ1n) is 5.69. The summed E-state index contributed by atoms with van der Waals surface area (Å²) in [4.78, 5) is 10.8. The minimum atomic E-state index is -0.544. The summed E-state index contributed by atoms with van der Waals surface area (Å²) in [6.07, 6.45) is 0.477. The Morgan fingerprint density at radius 1 is 1.15 bits per heavy atom. The number of benzene rings is 2. The van der Waals surface area contributed by atoms with Crippen LogP contribution < -0.4 is 4.74 Å². The molecule has 0 aliphatic heterocycles. The molecule has 0 atom stereocenters. The van der Waals surface area contributed by atoms with Crippen LogP contribution >= 0.6 is 0 Å². The second-order valence-electron chi connectivity index (χ2n) is 4.05. The molecule has 5 heteroatoms. The lowest BCUT2D eigenvalue weighted by Gasteiger charge is -2.09. The molecule has 20 heavy (non-hydrogen) atoms. The monoisotopic (exact) mass is 273 g/mol. The maximum absolute atomic E-state index is 13.2. The number of nitrogens with zero attached hydrogens (tertiary/aromatic N) is 1. The van der Waals surface area contributed by atoms with Gasteiger partial charge >= 0.3 is 0 Å². The van der Waals surface area contributed by atoms with E-state index in [2.05, 4.69) is 0 Å². The Labute approximate surface area is 114 Å². The third-order valence-corrected chi connectivity index (χ3v) is 2.58. The first kappa shape index (κ1) is 13.7. The smallest absolute Gasteiger partial charge is 0.153 e. The molecule has 2 aromatic carbocycles. The molecule has 0 amide bonds. The number of carbonyl (C=O) groups is 1. The van der Waals surface area contributed by atoms with Crippen LogP contribution in [0.15, 0.2) is 36.4 Å². The Kier molecular flexibility index (Phi) is 4.06. The summed E-state index contributed by atoms with van der Waals surface area (Å²) in [5.74, 6) is -0.890. The average Bonchev–Trinajstić information content (AvgIpc) is 2.45. The van der Waals surface area contributed by atoms with E-state index in [1.165, 1.54) is 18.2 Å². The van der Waals surface area contributed by atoms with Crippen LogP contribution in [0.1, 0.15) is 21.5 Å². The lowest BCUT2D eigenvalue weighted by Crippen LogP contribution is -2.00. The second kappa shape index (κ2) is 5.93. The normalized spacial score (nSPS) is 9.85.